The van der Waals surface area contributed by atoms with Crippen molar-refractivity contribution < 1.29 is 14.3 Å². The van der Waals surface area contributed by atoms with Crippen LogP contribution in [0.25, 0.3) is 0 Å². The summed E-state index contributed by atoms with van der Waals surface area (Å²) in [6, 6.07) is 7.13. The molecule has 0 radical (unpaired) electrons. The van der Waals surface area contributed by atoms with Gasteiger partial charge in [-0.3, -0.25) is 9.59 Å². The second kappa shape index (κ2) is 7.40. The molecule has 0 aliphatic carbocycles. The number of rotatable bonds is 4. The van der Waals surface area contributed by atoms with Crippen molar-refractivity contribution in [1.82, 2.24) is 4.90 Å². The van der Waals surface area contributed by atoms with Crippen LogP contribution >= 0.6 is 0 Å². The van der Waals surface area contributed by atoms with Gasteiger partial charge in [-0.15, -0.1) is 0 Å². The number of methoxy groups -OCH3 is 1. The molecule has 5 nitrogen and oxygen atoms in total. The van der Waals surface area contributed by atoms with E-state index in [-0.39, 0.29) is 18.4 Å². The predicted octanol–water partition coefficient (Wildman–Crippen LogP) is 2.39. The molecule has 0 bridgehead atoms. The lowest BCUT2D eigenvalue weighted by Gasteiger charge is -2.35. The van der Waals surface area contributed by atoms with E-state index in [1.807, 2.05) is 11.0 Å². The van der Waals surface area contributed by atoms with E-state index in [0.717, 1.165) is 19.5 Å². The first-order valence-corrected chi connectivity index (χ1v) is 7.68. The molecule has 2 rings (SSSR count). The van der Waals surface area contributed by atoms with Crippen molar-refractivity contribution in [3.05, 3.63) is 29.8 Å². The number of hydrogen-bond acceptors (Lipinski definition) is 3. The smallest absolute Gasteiger partial charge is 0.255 e. The molecule has 1 aliphatic heterocycles. The van der Waals surface area contributed by atoms with Crippen LogP contribution in [0.1, 0.15) is 30.6 Å². The molecule has 1 heterocycles. The molecule has 5 heteroatoms. The van der Waals surface area contributed by atoms with Gasteiger partial charge in [0.05, 0.1) is 11.3 Å². The molecule has 22 heavy (non-hydrogen) atoms. The lowest BCUT2D eigenvalue weighted by atomic mass is 9.91. The fraction of sp³-hybridized carbons (Fsp3) is 0.529. The van der Waals surface area contributed by atoms with Gasteiger partial charge in [0, 0.05) is 20.2 Å². The average molecular weight is 304 g/mol. The number of carbonyl (C=O) groups is 2. The normalized spacial score (nSPS) is 21.5. The first-order chi connectivity index (χ1) is 10.5. The Morgan fingerprint density at radius 1 is 1.23 bits per heavy atom. The third-order valence-corrected chi connectivity index (χ3v) is 3.86. The molecule has 1 aromatic rings. The quantitative estimate of drug-likeness (QED) is 0.929. The van der Waals surface area contributed by atoms with E-state index in [2.05, 4.69) is 19.2 Å². The Balaban J connectivity index is 2.17. The zero-order chi connectivity index (χ0) is 16.1. The molecule has 2 atom stereocenters. The number of anilines is 1. The Morgan fingerprint density at radius 2 is 1.86 bits per heavy atom. The summed E-state index contributed by atoms with van der Waals surface area (Å²) >= 11 is 0. The van der Waals surface area contributed by atoms with Crippen LogP contribution in [0, 0.1) is 11.8 Å². The average Bonchev–Trinajstić information content (AvgIpc) is 2.46. The largest absolute Gasteiger partial charge is 0.375 e. The van der Waals surface area contributed by atoms with E-state index in [1.165, 1.54) is 7.11 Å². The van der Waals surface area contributed by atoms with Crippen LogP contribution in [0.5, 0.6) is 0 Å². The van der Waals surface area contributed by atoms with Gasteiger partial charge in [-0.25, -0.2) is 0 Å². The molecule has 0 spiro atoms. The number of para-hydroxylation sites is 1. The van der Waals surface area contributed by atoms with Gasteiger partial charge in [-0.05, 0) is 30.4 Å². The lowest BCUT2D eigenvalue weighted by Crippen LogP contribution is -2.42. The minimum absolute atomic E-state index is 0.0216. The zero-order valence-corrected chi connectivity index (χ0v) is 13.5. The zero-order valence-electron chi connectivity index (χ0n) is 13.5. The van der Waals surface area contributed by atoms with Crippen molar-refractivity contribution >= 4 is 17.5 Å². The van der Waals surface area contributed by atoms with Crippen molar-refractivity contribution in [2.45, 2.75) is 20.3 Å². The molecule has 1 fully saturated rings. The summed E-state index contributed by atoms with van der Waals surface area (Å²) in [6.07, 6.45) is 1.15. The Bertz CT molecular complexity index is 534. The van der Waals surface area contributed by atoms with Gasteiger partial charge in [0.1, 0.15) is 6.61 Å². The number of likely N-dealkylation sites (tertiary alicyclic amines) is 1. The van der Waals surface area contributed by atoms with Gasteiger partial charge in [0.2, 0.25) is 5.91 Å². The fourth-order valence-electron chi connectivity index (χ4n) is 3.10. The van der Waals surface area contributed by atoms with Crippen molar-refractivity contribution in [3.63, 3.8) is 0 Å². The number of piperidine rings is 1. The highest BCUT2D eigenvalue weighted by Crippen LogP contribution is 2.24. The van der Waals surface area contributed by atoms with Crippen molar-refractivity contribution in [3.8, 4) is 0 Å². The Hall–Kier alpha value is -1.88. The Morgan fingerprint density at radius 3 is 2.50 bits per heavy atom. The molecular formula is C17H24N2O3. The maximum absolute atomic E-state index is 12.8. The minimum atomic E-state index is -0.261. The Labute approximate surface area is 131 Å². The third kappa shape index (κ3) is 4.07. The van der Waals surface area contributed by atoms with Crippen LogP contribution in [0.2, 0.25) is 0 Å². The summed E-state index contributed by atoms with van der Waals surface area (Å²) in [4.78, 5) is 26.4. The predicted molar refractivity (Wildman–Crippen MR) is 85.8 cm³/mol. The lowest BCUT2D eigenvalue weighted by molar-refractivity contribution is -0.119. The van der Waals surface area contributed by atoms with Crippen LogP contribution in [0.3, 0.4) is 0 Å². The molecule has 0 unspecified atom stereocenters. The number of nitrogens with zero attached hydrogens (tertiary/aromatic N) is 1. The van der Waals surface area contributed by atoms with E-state index < -0.39 is 0 Å². The van der Waals surface area contributed by atoms with E-state index in [4.69, 9.17) is 4.74 Å². The first-order valence-electron chi connectivity index (χ1n) is 7.68. The standard InChI is InChI=1S/C17H24N2O3/c1-12-8-13(2)10-19(9-12)17(21)14-6-4-5-7-15(14)18-16(20)11-22-3/h4-7,12-13H,8-11H2,1-3H3,(H,18,20)/t12-,13-/m1/s1. The highest BCUT2D eigenvalue weighted by molar-refractivity contribution is 6.04. The molecule has 1 aliphatic rings. The second-order valence-corrected chi connectivity index (χ2v) is 6.18. The summed E-state index contributed by atoms with van der Waals surface area (Å²) in [5.41, 5.74) is 1.08. The summed E-state index contributed by atoms with van der Waals surface area (Å²) in [7, 11) is 1.47. The number of ether oxygens (including phenoxy) is 1. The van der Waals surface area contributed by atoms with Crippen LogP contribution in [-0.2, 0) is 9.53 Å². The number of carbonyl (C=O) groups excluding carboxylic acids is 2. The highest BCUT2D eigenvalue weighted by atomic mass is 16.5. The van der Waals surface area contributed by atoms with Gasteiger partial charge in [0.15, 0.2) is 0 Å². The first kappa shape index (κ1) is 16.5. The molecule has 2 amide bonds. The molecular weight excluding hydrogens is 280 g/mol. The molecule has 0 aromatic heterocycles. The second-order valence-electron chi connectivity index (χ2n) is 6.18. The summed E-state index contributed by atoms with van der Waals surface area (Å²) in [6.45, 7) is 5.85. The van der Waals surface area contributed by atoms with E-state index >= 15 is 0 Å². The van der Waals surface area contributed by atoms with Gasteiger partial charge in [-0.1, -0.05) is 26.0 Å². The fourth-order valence-corrected chi connectivity index (χ4v) is 3.10. The maximum atomic E-state index is 12.8. The van der Waals surface area contributed by atoms with Crippen molar-refractivity contribution in [1.29, 1.82) is 0 Å². The van der Waals surface area contributed by atoms with E-state index in [1.54, 1.807) is 18.2 Å². The maximum Gasteiger partial charge on any atom is 0.255 e. The van der Waals surface area contributed by atoms with Gasteiger partial charge in [-0.2, -0.15) is 0 Å². The number of hydrogen-bond donors (Lipinski definition) is 1. The van der Waals surface area contributed by atoms with E-state index in [0.29, 0.717) is 23.1 Å². The molecule has 120 valence electrons. The third-order valence-electron chi connectivity index (χ3n) is 3.86. The Kier molecular flexibility index (Phi) is 5.55. The topological polar surface area (TPSA) is 58.6 Å². The molecule has 1 saturated heterocycles. The van der Waals surface area contributed by atoms with Gasteiger partial charge < -0.3 is 15.0 Å². The number of nitrogens with one attached hydrogen (secondary N) is 1. The minimum Gasteiger partial charge on any atom is -0.375 e. The van der Waals surface area contributed by atoms with Crippen LogP contribution in [0.15, 0.2) is 24.3 Å². The summed E-state index contributed by atoms with van der Waals surface area (Å²) in [5.74, 6) is 0.723. The SMILES string of the molecule is COCC(=O)Nc1ccccc1C(=O)N1C[C@H](C)C[C@@H](C)C1. The van der Waals surface area contributed by atoms with Crippen molar-refractivity contribution in [2.24, 2.45) is 11.8 Å². The van der Waals surface area contributed by atoms with Gasteiger partial charge >= 0.3 is 0 Å². The summed E-state index contributed by atoms with van der Waals surface area (Å²) in [5, 5.41) is 2.74. The van der Waals surface area contributed by atoms with Gasteiger partial charge in [0.25, 0.3) is 5.91 Å². The number of benzene rings is 1. The van der Waals surface area contributed by atoms with Crippen LogP contribution in [-0.4, -0.2) is 43.5 Å². The molecule has 1 N–H and O–H groups in total. The summed E-state index contributed by atoms with van der Waals surface area (Å²) < 4.78 is 4.81. The van der Waals surface area contributed by atoms with Crippen LogP contribution < -0.4 is 5.32 Å². The molecule has 0 saturated carbocycles. The highest BCUT2D eigenvalue weighted by Gasteiger charge is 2.27. The monoisotopic (exact) mass is 304 g/mol. The van der Waals surface area contributed by atoms with E-state index in [9.17, 15) is 9.59 Å². The number of amides is 2. The molecule has 1 aromatic carbocycles. The van der Waals surface area contributed by atoms with Crippen LogP contribution in [0.4, 0.5) is 5.69 Å². The van der Waals surface area contributed by atoms with Crippen molar-refractivity contribution in [2.75, 3.05) is 32.1 Å².